The number of carbonyl (C=O) groups excluding carboxylic acids is 2. The molecule has 0 saturated heterocycles. The number of benzene rings is 2. The second-order valence-corrected chi connectivity index (χ2v) is 8.81. The van der Waals surface area contributed by atoms with Crippen molar-refractivity contribution in [3.63, 3.8) is 0 Å². The summed E-state index contributed by atoms with van der Waals surface area (Å²) < 4.78 is 0. The molecule has 1 heterocycles. The number of carbonyl (C=O) groups is 2. The second kappa shape index (κ2) is 11.6. The number of anilines is 2. The first kappa shape index (κ1) is 25.9. The number of fused-ring (bicyclic) bond motifs is 1. The summed E-state index contributed by atoms with van der Waals surface area (Å²) in [5.74, 6) is -0.722. The van der Waals surface area contributed by atoms with E-state index in [1.807, 2.05) is 19.1 Å². The van der Waals surface area contributed by atoms with Crippen LogP contribution in [-0.4, -0.2) is 34.2 Å². The molecule has 7 N–H and O–H groups in total. The minimum absolute atomic E-state index is 0.00596. The average Bonchev–Trinajstić information content (AvgIpc) is 2.82. The quantitative estimate of drug-likeness (QED) is 0.201. The third-order valence-electron chi connectivity index (χ3n) is 5.82. The van der Waals surface area contributed by atoms with E-state index in [0.29, 0.717) is 6.54 Å². The summed E-state index contributed by atoms with van der Waals surface area (Å²) in [5.41, 5.74) is 19.3. The highest BCUT2D eigenvalue weighted by atomic mass is 35.5. The zero-order chi connectivity index (χ0) is 25.5. The van der Waals surface area contributed by atoms with Crippen molar-refractivity contribution in [1.82, 2.24) is 15.3 Å². The number of nitrogen functional groups attached to an aromatic ring is 2. The number of guanidine groups is 1. The zero-order valence-corrected chi connectivity index (χ0v) is 20.6. The number of nitrogens with zero attached hydrogens (tertiary/aromatic N) is 3. The Kier molecular flexibility index (Phi) is 8.59. The third-order valence-corrected chi connectivity index (χ3v) is 6.10. The summed E-state index contributed by atoms with van der Waals surface area (Å²) in [6, 6.07) is 12.6. The van der Waals surface area contributed by atoms with Crippen LogP contribution in [0.2, 0.25) is 5.15 Å². The molecule has 0 unspecified atom stereocenters. The van der Waals surface area contributed by atoms with Crippen molar-refractivity contribution in [2.75, 3.05) is 18.0 Å². The second-order valence-electron chi connectivity index (χ2n) is 8.46. The number of hydrogen-bond acceptors (Lipinski definition) is 7. The van der Waals surface area contributed by atoms with Gasteiger partial charge in [-0.05, 0) is 54.5 Å². The number of unbranched alkanes of at least 4 members (excludes halogenated alkanes) is 1. The van der Waals surface area contributed by atoms with Crippen molar-refractivity contribution in [2.24, 2.45) is 16.6 Å². The van der Waals surface area contributed by atoms with Crippen molar-refractivity contribution in [3.8, 4) is 0 Å². The van der Waals surface area contributed by atoms with Gasteiger partial charge in [-0.3, -0.25) is 19.9 Å². The van der Waals surface area contributed by atoms with Crippen LogP contribution in [0.15, 0.2) is 41.4 Å². The van der Waals surface area contributed by atoms with Crippen molar-refractivity contribution in [3.05, 3.63) is 58.4 Å². The lowest BCUT2D eigenvalue weighted by molar-refractivity contribution is -0.120. The van der Waals surface area contributed by atoms with Crippen LogP contribution in [0.3, 0.4) is 0 Å². The van der Waals surface area contributed by atoms with E-state index in [2.05, 4.69) is 44.5 Å². The molecule has 1 amide bonds. The maximum absolute atomic E-state index is 12.3. The number of halogens is 1. The van der Waals surface area contributed by atoms with Gasteiger partial charge < -0.3 is 17.2 Å². The minimum Gasteiger partial charge on any atom is -0.382 e. The molecule has 35 heavy (non-hydrogen) atoms. The number of nitrogens with one attached hydrogen (secondary N) is 1. The number of aromatic nitrogens is 2. The van der Waals surface area contributed by atoms with Gasteiger partial charge in [0.15, 0.2) is 28.4 Å². The Morgan fingerprint density at radius 1 is 1.03 bits per heavy atom. The van der Waals surface area contributed by atoms with Gasteiger partial charge in [0.25, 0.3) is 5.91 Å². The molecule has 0 radical (unpaired) electrons. The van der Waals surface area contributed by atoms with Gasteiger partial charge in [0.2, 0.25) is 0 Å². The van der Waals surface area contributed by atoms with E-state index >= 15 is 0 Å². The highest BCUT2D eigenvalue weighted by Crippen LogP contribution is 2.26. The highest BCUT2D eigenvalue weighted by Gasteiger charge is 2.16. The molecule has 0 aliphatic carbocycles. The number of ketones is 1. The van der Waals surface area contributed by atoms with Crippen LogP contribution < -0.4 is 22.5 Å². The van der Waals surface area contributed by atoms with Crippen molar-refractivity contribution in [1.29, 1.82) is 0 Å². The topological polar surface area (TPSA) is 162 Å². The normalized spacial score (nSPS) is 12.5. The molecule has 1 atom stereocenters. The minimum atomic E-state index is -0.663. The van der Waals surface area contributed by atoms with Gasteiger partial charge in [-0.1, -0.05) is 54.9 Å². The molecule has 0 aliphatic heterocycles. The van der Waals surface area contributed by atoms with Crippen LogP contribution in [0.4, 0.5) is 11.6 Å². The van der Waals surface area contributed by atoms with Gasteiger partial charge in [-0.2, -0.15) is 0 Å². The molecule has 2 aromatic carbocycles. The van der Waals surface area contributed by atoms with Gasteiger partial charge in [0.1, 0.15) is 5.78 Å². The summed E-state index contributed by atoms with van der Waals surface area (Å²) in [4.78, 5) is 35.8. The molecule has 3 rings (SSSR count). The molecule has 10 heteroatoms. The van der Waals surface area contributed by atoms with Crippen LogP contribution in [0.25, 0.3) is 10.8 Å². The standard InChI is InChI=1S/C25H30ClN7O2/c1-14(15(2)34)13-17-11-10-16(18-8-3-4-9-19(17)18)7-5-6-12-30-25(29)33-24(35)20-22(27)32-23(28)21(26)31-20/h3-4,8-11,14H,5-7,12-13H2,1-2H3,(H4,27,28,32)(H3,29,30,33,35)/t14-/m0/s1. The van der Waals surface area contributed by atoms with E-state index in [1.54, 1.807) is 6.92 Å². The molecule has 0 aliphatic rings. The van der Waals surface area contributed by atoms with Crippen molar-refractivity contribution in [2.45, 2.75) is 39.5 Å². The molecule has 0 bridgehead atoms. The predicted molar refractivity (Wildman–Crippen MR) is 140 cm³/mol. The fraction of sp³-hybridized carbons (Fsp3) is 0.320. The number of aryl methyl sites for hydroxylation is 1. The van der Waals surface area contributed by atoms with Crippen LogP contribution in [0, 0.1) is 5.92 Å². The largest absolute Gasteiger partial charge is 0.382 e. The monoisotopic (exact) mass is 495 g/mol. The Balaban J connectivity index is 1.56. The molecule has 1 aromatic heterocycles. The molecular formula is C25H30ClN7O2. The van der Waals surface area contributed by atoms with E-state index < -0.39 is 5.91 Å². The van der Waals surface area contributed by atoms with Crippen LogP contribution in [-0.2, 0) is 17.6 Å². The number of rotatable bonds is 9. The maximum Gasteiger partial charge on any atom is 0.280 e. The van der Waals surface area contributed by atoms with E-state index in [1.165, 1.54) is 21.9 Å². The van der Waals surface area contributed by atoms with Crippen molar-refractivity contribution >= 4 is 51.7 Å². The molecule has 184 valence electrons. The Morgan fingerprint density at radius 2 is 1.69 bits per heavy atom. The number of aliphatic imine (C=N–C) groups is 1. The van der Waals surface area contributed by atoms with Crippen LogP contribution in [0.5, 0.6) is 0 Å². The first-order valence-electron chi connectivity index (χ1n) is 11.4. The lowest BCUT2D eigenvalue weighted by Gasteiger charge is -2.14. The van der Waals surface area contributed by atoms with Gasteiger partial charge in [-0.15, -0.1) is 0 Å². The Labute approximate surface area is 209 Å². The van der Waals surface area contributed by atoms with Crippen LogP contribution in [0.1, 0.15) is 48.3 Å². The lowest BCUT2D eigenvalue weighted by atomic mass is 9.91. The summed E-state index contributed by atoms with van der Waals surface area (Å²) in [6.45, 7) is 4.05. The summed E-state index contributed by atoms with van der Waals surface area (Å²) in [6.07, 6.45) is 3.28. The maximum atomic E-state index is 12.3. The van der Waals surface area contributed by atoms with Gasteiger partial charge >= 0.3 is 0 Å². The average molecular weight is 496 g/mol. The zero-order valence-electron chi connectivity index (χ0n) is 19.8. The summed E-state index contributed by atoms with van der Waals surface area (Å²) in [5, 5.41) is 4.71. The fourth-order valence-electron chi connectivity index (χ4n) is 3.74. The molecule has 9 nitrogen and oxygen atoms in total. The Hall–Kier alpha value is -3.72. The third kappa shape index (κ3) is 6.66. The number of hydrogen-bond donors (Lipinski definition) is 4. The van der Waals surface area contributed by atoms with E-state index in [0.717, 1.165) is 25.7 Å². The van der Waals surface area contributed by atoms with Gasteiger partial charge in [-0.25, -0.2) is 9.97 Å². The number of Topliss-reactive ketones (excluding diaryl/α,β-unsaturated/α-hetero) is 1. The SMILES string of the molecule is CC(=O)[C@@H](C)Cc1ccc(CCCCN=C(N)NC(=O)c2nc(Cl)c(N)nc2N)c2ccccc12. The molecular weight excluding hydrogens is 466 g/mol. The van der Waals surface area contributed by atoms with Gasteiger partial charge in [0, 0.05) is 12.5 Å². The smallest absolute Gasteiger partial charge is 0.280 e. The first-order valence-corrected chi connectivity index (χ1v) is 11.7. The Morgan fingerprint density at radius 3 is 2.37 bits per heavy atom. The van der Waals surface area contributed by atoms with Crippen molar-refractivity contribution < 1.29 is 9.59 Å². The molecule has 0 saturated carbocycles. The Bertz CT molecular complexity index is 1280. The van der Waals surface area contributed by atoms with Gasteiger partial charge in [0.05, 0.1) is 0 Å². The molecule has 0 fully saturated rings. The summed E-state index contributed by atoms with van der Waals surface area (Å²) >= 11 is 5.81. The molecule has 0 spiro atoms. The number of amides is 1. The van der Waals surface area contributed by atoms with E-state index in [9.17, 15) is 9.59 Å². The van der Waals surface area contributed by atoms with E-state index in [4.69, 9.17) is 28.8 Å². The predicted octanol–water partition coefficient (Wildman–Crippen LogP) is 3.28. The first-order chi connectivity index (χ1) is 16.7. The molecule has 3 aromatic rings. The summed E-state index contributed by atoms with van der Waals surface area (Å²) in [7, 11) is 0. The van der Waals surface area contributed by atoms with Crippen LogP contribution >= 0.6 is 11.6 Å². The lowest BCUT2D eigenvalue weighted by Crippen LogP contribution is -2.38. The van der Waals surface area contributed by atoms with E-state index in [-0.39, 0.29) is 40.1 Å². The fourth-order valence-corrected chi connectivity index (χ4v) is 3.87. The highest BCUT2D eigenvalue weighted by molar-refractivity contribution is 6.31. The number of nitrogens with two attached hydrogens (primary N) is 3.